The van der Waals surface area contributed by atoms with Crippen LogP contribution in [0.2, 0.25) is 0 Å². The van der Waals surface area contributed by atoms with E-state index in [0.29, 0.717) is 0 Å². The largest absolute Gasteiger partial charge is 0.314 e. The lowest BCUT2D eigenvalue weighted by molar-refractivity contribution is 0.758. The van der Waals surface area contributed by atoms with E-state index in [1.165, 1.54) is 11.3 Å². The van der Waals surface area contributed by atoms with Crippen molar-refractivity contribution in [2.75, 3.05) is 7.05 Å². The van der Waals surface area contributed by atoms with Gasteiger partial charge in [0, 0.05) is 12.2 Å². The van der Waals surface area contributed by atoms with Crippen LogP contribution in [-0.2, 0) is 13.0 Å². The highest BCUT2D eigenvalue weighted by atomic mass is 15.3. The van der Waals surface area contributed by atoms with Gasteiger partial charge in [-0.1, -0.05) is 13.0 Å². The summed E-state index contributed by atoms with van der Waals surface area (Å²) < 4.78 is 1.94. The molecule has 0 radical (unpaired) electrons. The summed E-state index contributed by atoms with van der Waals surface area (Å²) in [6.45, 7) is 7.09. The number of nitrogens with zero attached hydrogens (tertiary/aromatic N) is 3. The Balaban J connectivity index is 2.45. The molecule has 0 atom stereocenters. The third-order valence-corrected chi connectivity index (χ3v) is 3.16. The Bertz CT molecular complexity index is 543. The lowest BCUT2D eigenvalue weighted by Gasteiger charge is -2.06. The Labute approximate surface area is 108 Å². The Kier molecular flexibility index (Phi) is 3.77. The van der Waals surface area contributed by atoms with Gasteiger partial charge in [-0.2, -0.15) is 5.10 Å². The second-order valence-corrected chi connectivity index (χ2v) is 4.43. The molecule has 2 aromatic rings. The van der Waals surface area contributed by atoms with Crippen LogP contribution in [0.15, 0.2) is 18.2 Å². The summed E-state index contributed by atoms with van der Waals surface area (Å²) in [6.07, 6.45) is 1.01. The lowest BCUT2D eigenvalue weighted by atomic mass is 10.1. The van der Waals surface area contributed by atoms with Crippen molar-refractivity contribution in [3.05, 3.63) is 40.8 Å². The predicted octanol–water partition coefficient (Wildman–Crippen LogP) is 2.17. The lowest BCUT2D eigenvalue weighted by Crippen LogP contribution is -2.09. The smallest absolute Gasteiger partial charge is 0.153 e. The first-order chi connectivity index (χ1) is 8.67. The summed E-state index contributed by atoms with van der Waals surface area (Å²) in [7, 11) is 1.92. The zero-order valence-electron chi connectivity index (χ0n) is 11.5. The standard InChI is InChI=1S/C14H20N4/c1-5-13-10(2)17-18(11(13)3)14-8-6-7-12(16-14)9-15-4/h6-8,15H,5,9H2,1-4H3. The van der Waals surface area contributed by atoms with E-state index in [1.807, 2.05) is 29.9 Å². The topological polar surface area (TPSA) is 42.7 Å². The van der Waals surface area contributed by atoms with Gasteiger partial charge in [0.15, 0.2) is 5.82 Å². The van der Waals surface area contributed by atoms with Crippen LogP contribution in [0.4, 0.5) is 0 Å². The zero-order valence-corrected chi connectivity index (χ0v) is 11.5. The average molecular weight is 244 g/mol. The van der Waals surface area contributed by atoms with Crippen LogP contribution < -0.4 is 5.32 Å². The molecule has 0 aromatic carbocycles. The van der Waals surface area contributed by atoms with E-state index in [4.69, 9.17) is 0 Å². The number of nitrogens with one attached hydrogen (secondary N) is 1. The molecule has 0 unspecified atom stereocenters. The molecule has 0 fully saturated rings. The number of hydrogen-bond acceptors (Lipinski definition) is 3. The normalized spacial score (nSPS) is 10.9. The van der Waals surface area contributed by atoms with Crippen molar-refractivity contribution in [3.8, 4) is 5.82 Å². The molecule has 0 saturated carbocycles. The van der Waals surface area contributed by atoms with Crippen molar-refractivity contribution in [1.29, 1.82) is 0 Å². The molecular weight excluding hydrogens is 224 g/mol. The summed E-state index contributed by atoms with van der Waals surface area (Å²) in [5.41, 5.74) is 4.62. The fourth-order valence-electron chi connectivity index (χ4n) is 2.27. The maximum Gasteiger partial charge on any atom is 0.153 e. The molecule has 0 saturated heterocycles. The number of aromatic nitrogens is 3. The number of aryl methyl sites for hydroxylation is 1. The van der Waals surface area contributed by atoms with Crippen molar-refractivity contribution < 1.29 is 0 Å². The van der Waals surface area contributed by atoms with Crippen molar-refractivity contribution in [2.45, 2.75) is 33.7 Å². The van der Waals surface area contributed by atoms with Crippen LogP contribution in [0.1, 0.15) is 29.6 Å². The molecule has 0 aliphatic carbocycles. The molecule has 0 bridgehead atoms. The second-order valence-electron chi connectivity index (χ2n) is 4.43. The van der Waals surface area contributed by atoms with Crippen molar-refractivity contribution in [3.63, 3.8) is 0 Å². The van der Waals surface area contributed by atoms with E-state index >= 15 is 0 Å². The van der Waals surface area contributed by atoms with Gasteiger partial charge in [0.25, 0.3) is 0 Å². The zero-order chi connectivity index (χ0) is 13.1. The molecule has 0 spiro atoms. The van der Waals surface area contributed by atoms with E-state index in [9.17, 15) is 0 Å². The minimum atomic E-state index is 0.772. The Hall–Kier alpha value is -1.68. The van der Waals surface area contributed by atoms with Gasteiger partial charge in [-0.05, 0) is 45.0 Å². The maximum absolute atomic E-state index is 4.62. The van der Waals surface area contributed by atoms with E-state index in [0.717, 1.165) is 30.2 Å². The first kappa shape index (κ1) is 12.8. The van der Waals surface area contributed by atoms with E-state index < -0.39 is 0 Å². The van der Waals surface area contributed by atoms with Crippen LogP contribution in [0.25, 0.3) is 5.82 Å². The molecule has 1 N–H and O–H groups in total. The highest BCUT2D eigenvalue weighted by molar-refractivity contribution is 5.33. The minimum Gasteiger partial charge on any atom is -0.314 e. The number of pyridine rings is 1. The number of rotatable bonds is 4. The van der Waals surface area contributed by atoms with Crippen LogP contribution in [0, 0.1) is 13.8 Å². The van der Waals surface area contributed by atoms with Crippen LogP contribution in [0.3, 0.4) is 0 Å². The van der Waals surface area contributed by atoms with Gasteiger partial charge in [0.2, 0.25) is 0 Å². The molecule has 0 amide bonds. The summed E-state index contributed by atoms with van der Waals surface area (Å²) >= 11 is 0. The molecule has 2 rings (SSSR count). The van der Waals surface area contributed by atoms with Gasteiger partial charge in [-0.15, -0.1) is 0 Å². The molecule has 18 heavy (non-hydrogen) atoms. The SMILES string of the molecule is CCc1c(C)nn(-c2cccc(CNC)n2)c1C. The predicted molar refractivity (Wildman–Crippen MR) is 73.0 cm³/mol. The fourth-order valence-corrected chi connectivity index (χ4v) is 2.27. The summed E-state index contributed by atoms with van der Waals surface area (Å²) in [5, 5.41) is 7.70. The number of hydrogen-bond donors (Lipinski definition) is 1. The Morgan fingerprint density at radius 2 is 2.06 bits per heavy atom. The van der Waals surface area contributed by atoms with E-state index in [2.05, 4.69) is 36.2 Å². The molecular formula is C14H20N4. The highest BCUT2D eigenvalue weighted by Gasteiger charge is 2.11. The quantitative estimate of drug-likeness (QED) is 0.896. The third kappa shape index (κ3) is 2.29. The van der Waals surface area contributed by atoms with Crippen LogP contribution in [0.5, 0.6) is 0 Å². The first-order valence-corrected chi connectivity index (χ1v) is 6.33. The van der Waals surface area contributed by atoms with Gasteiger partial charge in [-0.25, -0.2) is 9.67 Å². The maximum atomic E-state index is 4.62. The first-order valence-electron chi connectivity index (χ1n) is 6.33. The molecule has 4 nitrogen and oxygen atoms in total. The Morgan fingerprint density at radius 1 is 1.28 bits per heavy atom. The van der Waals surface area contributed by atoms with Crippen molar-refractivity contribution in [1.82, 2.24) is 20.1 Å². The monoisotopic (exact) mass is 244 g/mol. The van der Waals surface area contributed by atoms with Crippen LogP contribution >= 0.6 is 0 Å². The Morgan fingerprint density at radius 3 is 2.67 bits per heavy atom. The highest BCUT2D eigenvalue weighted by Crippen LogP contribution is 2.17. The molecule has 2 heterocycles. The van der Waals surface area contributed by atoms with E-state index in [-0.39, 0.29) is 0 Å². The molecule has 0 aliphatic heterocycles. The fraction of sp³-hybridized carbons (Fsp3) is 0.429. The molecule has 96 valence electrons. The van der Waals surface area contributed by atoms with E-state index in [1.54, 1.807) is 0 Å². The van der Waals surface area contributed by atoms with Gasteiger partial charge in [0.1, 0.15) is 0 Å². The molecule has 2 aromatic heterocycles. The molecule has 0 aliphatic rings. The van der Waals surface area contributed by atoms with Crippen LogP contribution in [-0.4, -0.2) is 21.8 Å². The van der Waals surface area contributed by atoms with Gasteiger partial charge >= 0.3 is 0 Å². The van der Waals surface area contributed by atoms with Gasteiger partial charge < -0.3 is 5.32 Å². The van der Waals surface area contributed by atoms with Gasteiger partial charge in [-0.3, -0.25) is 0 Å². The third-order valence-electron chi connectivity index (χ3n) is 3.16. The molecule has 4 heteroatoms. The van der Waals surface area contributed by atoms with Crippen molar-refractivity contribution >= 4 is 0 Å². The summed E-state index contributed by atoms with van der Waals surface area (Å²) in [5.74, 6) is 0.892. The van der Waals surface area contributed by atoms with Gasteiger partial charge in [0.05, 0.1) is 11.4 Å². The van der Waals surface area contributed by atoms with Crippen molar-refractivity contribution in [2.24, 2.45) is 0 Å². The summed E-state index contributed by atoms with van der Waals surface area (Å²) in [6, 6.07) is 6.04. The minimum absolute atomic E-state index is 0.772. The average Bonchev–Trinajstić information content (AvgIpc) is 2.65. The second kappa shape index (κ2) is 5.31. The summed E-state index contributed by atoms with van der Waals surface area (Å²) in [4.78, 5) is 4.62.